The number of rotatable bonds is 6. The third-order valence-corrected chi connectivity index (χ3v) is 5.54. The van der Waals surface area contributed by atoms with E-state index in [2.05, 4.69) is 5.32 Å². The van der Waals surface area contributed by atoms with Crippen molar-refractivity contribution in [1.29, 1.82) is 0 Å². The second kappa shape index (κ2) is 7.24. The summed E-state index contributed by atoms with van der Waals surface area (Å²) in [7, 11) is -3.37. The van der Waals surface area contributed by atoms with Crippen LogP contribution in [0.25, 0.3) is 0 Å². The molecule has 1 aromatic carbocycles. The van der Waals surface area contributed by atoms with Gasteiger partial charge in [0.15, 0.2) is 0 Å². The maximum absolute atomic E-state index is 12.3. The molecule has 1 aliphatic heterocycles. The Hall–Kier alpha value is -1.11. The van der Waals surface area contributed by atoms with Crippen LogP contribution in [-0.2, 0) is 21.4 Å². The first-order chi connectivity index (χ1) is 10.0. The molecule has 0 aliphatic carbocycles. The number of carbonyl (C=O) groups is 1. The van der Waals surface area contributed by atoms with Crippen molar-refractivity contribution in [3.63, 3.8) is 0 Å². The van der Waals surface area contributed by atoms with Crippen molar-refractivity contribution < 1.29 is 13.2 Å². The minimum Gasteiger partial charge on any atom is -0.352 e. The maximum atomic E-state index is 12.3. The zero-order valence-electron chi connectivity index (χ0n) is 11.7. The van der Waals surface area contributed by atoms with Gasteiger partial charge < -0.3 is 5.32 Å². The molecule has 7 heteroatoms. The lowest BCUT2D eigenvalue weighted by atomic mass is 10.2. The predicted molar refractivity (Wildman–Crippen MR) is 81.6 cm³/mol. The van der Waals surface area contributed by atoms with Crippen LogP contribution >= 0.6 is 11.6 Å². The van der Waals surface area contributed by atoms with E-state index in [-0.39, 0.29) is 12.3 Å². The average Bonchev–Trinajstić information content (AvgIpc) is 3.01. The van der Waals surface area contributed by atoms with E-state index in [1.54, 1.807) is 24.3 Å². The molecule has 1 amide bonds. The summed E-state index contributed by atoms with van der Waals surface area (Å²) in [4.78, 5) is 11.6. The first-order valence-corrected chi connectivity index (χ1v) is 8.93. The highest BCUT2D eigenvalue weighted by Crippen LogP contribution is 2.20. The van der Waals surface area contributed by atoms with E-state index < -0.39 is 10.0 Å². The van der Waals surface area contributed by atoms with Gasteiger partial charge in [-0.2, -0.15) is 4.31 Å². The molecule has 1 aromatic rings. The van der Waals surface area contributed by atoms with E-state index in [1.807, 2.05) is 0 Å². The lowest BCUT2D eigenvalue weighted by Crippen LogP contribution is -2.28. The van der Waals surface area contributed by atoms with Crippen molar-refractivity contribution in [2.45, 2.75) is 30.7 Å². The number of nitrogens with one attached hydrogen (secondary N) is 1. The normalized spacial score (nSPS) is 16.0. The Morgan fingerprint density at radius 1 is 1.19 bits per heavy atom. The van der Waals surface area contributed by atoms with Crippen LogP contribution in [0.2, 0.25) is 0 Å². The largest absolute Gasteiger partial charge is 0.352 e. The molecule has 0 radical (unpaired) electrons. The molecule has 0 atom stereocenters. The third kappa shape index (κ3) is 4.18. The number of nitrogens with zero attached hydrogens (tertiary/aromatic N) is 1. The molecule has 0 saturated carbocycles. The van der Waals surface area contributed by atoms with E-state index in [0.29, 0.717) is 30.4 Å². The van der Waals surface area contributed by atoms with Crippen molar-refractivity contribution in [2.75, 3.05) is 19.0 Å². The van der Waals surface area contributed by atoms with Gasteiger partial charge in [0.05, 0.1) is 4.90 Å². The van der Waals surface area contributed by atoms with Crippen molar-refractivity contribution >= 4 is 27.5 Å². The van der Waals surface area contributed by atoms with Crippen LogP contribution in [0, 0.1) is 0 Å². The molecule has 1 saturated heterocycles. The molecule has 1 N–H and O–H groups in total. The maximum Gasteiger partial charge on any atom is 0.243 e. The highest BCUT2D eigenvalue weighted by atomic mass is 35.5. The molecule has 0 bridgehead atoms. The number of alkyl halides is 1. The first kappa shape index (κ1) is 16.3. The van der Waals surface area contributed by atoms with E-state index in [0.717, 1.165) is 18.4 Å². The Morgan fingerprint density at radius 2 is 1.81 bits per heavy atom. The van der Waals surface area contributed by atoms with Crippen LogP contribution in [0.15, 0.2) is 29.2 Å². The molecule has 1 aliphatic rings. The Kier molecular flexibility index (Phi) is 5.61. The summed E-state index contributed by atoms with van der Waals surface area (Å²) < 4.78 is 26.2. The van der Waals surface area contributed by atoms with Gasteiger partial charge in [-0.15, -0.1) is 11.6 Å². The van der Waals surface area contributed by atoms with Gasteiger partial charge in [-0.25, -0.2) is 8.42 Å². The zero-order chi connectivity index (χ0) is 15.3. The lowest BCUT2D eigenvalue weighted by molar-refractivity contribution is -0.120. The summed E-state index contributed by atoms with van der Waals surface area (Å²) >= 11 is 5.48. The van der Waals surface area contributed by atoms with Crippen molar-refractivity contribution in [2.24, 2.45) is 0 Å². The molecule has 21 heavy (non-hydrogen) atoms. The van der Waals surface area contributed by atoms with Crippen molar-refractivity contribution in [1.82, 2.24) is 9.62 Å². The summed E-state index contributed by atoms with van der Waals surface area (Å²) in [6.45, 7) is 1.57. The van der Waals surface area contributed by atoms with Crippen LogP contribution in [0.3, 0.4) is 0 Å². The number of halogens is 1. The number of benzene rings is 1. The average molecular weight is 331 g/mol. The van der Waals surface area contributed by atoms with Crippen molar-refractivity contribution in [3.05, 3.63) is 29.8 Å². The minimum atomic E-state index is -3.37. The van der Waals surface area contributed by atoms with Crippen LogP contribution in [0.1, 0.15) is 24.8 Å². The number of hydrogen-bond acceptors (Lipinski definition) is 3. The minimum absolute atomic E-state index is 0.112. The van der Waals surface area contributed by atoms with E-state index >= 15 is 0 Å². The van der Waals surface area contributed by atoms with Gasteiger partial charge in [0.25, 0.3) is 0 Å². The van der Waals surface area contributed by atoms with Gasteiger partial charge in [0, 0.05) is 31.9 Å². The first-order valence-electron chi connectivity index (χ1n) is 6.96. The molecule has 0 aromatic heterocycles. The van der Waals surface area contributed by atoms with Gasteiger partial charge in [-0.1, -0.05) is 12.1 Å². The van der Waals surface area contributed by atoms with Crippen LogP contribution < -0.4 is 5.32 Å². The fraction of sp³-hybridized carbons (Fsp3) is 0.500. The van der Waals surface area contributed by atoms with E-state index in [9.17, 15) is 13.2 Å². The Labute approximate surface area is 130 Å². The van der Waals surface area contributed by atoms with Crippen LogP contribution in [-0.4, -0.2) is 37.6 Å². The number of carbonyl (C=O) groups excluding carboxylic acids is 1. The molecule has 5 nitrogen and oxygen atoms in total. The second-order valence-electron chi connectivity index (χ2n) is 4.97. The standard InChI is InChI=1S/C14H19ClN2O3S/c15-8-7-14(18)16-11-12-3-5-13(6-4-12)21(19,20)17-9-1-2-10-17/h3-6H,1-2,7-11H2,(H,16,18). The molecule has 0 spiro atoms. The second-order valence-corrected chi connectivity index (χ2v) is 7.29. The Bertz CT molecular complexity index is 581. The van der Waals surface area contributed by atoms with Crippen molar-refractivity contribution in [3.8, 4) is 0 Å². The fourth-order valence-electron chi connectivity index (χ4n) is 2.23. The predicted octanol–water partition coefficient (Wildman–Crippen LogP) is 1.72. The van der Waals surface area contributed by atoms with Gasteiger partial charge >= 0.3 is 0 Å². The summed E-state index contributed by atoms with van der Waals surface area (Å²) in [5.41, 5.74) is 0.860. The van der Waals surface area contributed by atoms with Crippen LogP contribution in [0.4, 0.5) is 0 Å². The van der Waals surface area contributed by atoms with Gasteiger partial charge in [0.2, 0.25) is 15.9 Å². The Morgan fingerprint density at radius 3 is 2.38 bits per heavy atom. The van der Waals surface area contributed by atoms with Crippen LogP contribution in [0.5, 0.6) is 0 Å². The number of sulfonamides is 1. The lowest BCUT2D eigenvalue weighted by Gasteiger charge is -2.15. The van der Waals surface area contributed by atoms with E-state index in [4.69, 9.17) is 11.6 Å². The SMILES string of the molecule is O=C(CCCl)NCc1ccc(S(=O)(=O)N2CCCC2)cc1. The number of hydrogen-bond donors (Lipinski definition) is 1. The summed E-state index contributed by atoms with van der Waals surface area (Å²) in [5.74, 6) is 0.178. The Balaban J connectivity index is 2.00. The highest BCUT2D eigenvalue weighted by Gasteiger charge is 2.26. The summed E-state index contributed by atoms with van der Waals surface area (Å²) in [6, 6.07) is 6.64. The molecule has 1 fully saturated rings. The topological polar surface area (TPSA) is 66.5 Å². The molecule has 0 unspecified atom stereocenters. The monoisotopic (exact) mass is 330 g/mol. The zero-order valence-corrected chi connectivity index (χ0v) is 13.3. The van der Waals surface area contributed by atoms with Gasteiger partial charge in [0.1, 0.15) is 0 Å². The van der Waals surface area contributed by atoms with Gasteiger partial charge in [-0.05, 0) is 30.5 Å². The van der Waals surface area contributed by atoms with E-state index in [1.165, 1.54) is 4.31 Å². The fourth-order valence-corrected chi connectivity index (χ4v) is 3.92. The molecular formula is C14H19ClN2O3S. The molecule has 1 heterocycles. The summed E-state index contributed by atoms with van der Waals surface area (Å²) in [6.07, 6.45) is 2.12. The molecular weight excluding hydrogens is 312 g/mol. The molecule has 2 rings (SSSR count). The molecule has 116 valence electrons. The highest BCUT2D eigenvalue weighted by molar-refractivity contribution is 7.89. The summed E-state index contributed by atoms with van der Waals surface area (Å²) in [5, 5.41) is 2.73. The smallest absolute Gasteiger partial charge is 0.243 e. The third-order valence-electron chi connectivity index (χ3n) is 3.44. The number of amides is 1. The quantitative estimate of drug-likeness (QED) is 0.808. The van der Waals surface area contributed by atoms with Gasteiger partial charge in [-0.3, -0.25) is 4.79 Å².